The molecule has 0 unspecified atom stereocenters. The number of hydrogen-bond donors (Lipinski definition) is 1. The van der Waals surface area contributed by atoms with Gasteiger partial charge in [-0.1, -0.05) is 0 Å². The highest BCUT2D eigenvalue weighted by molar-refractivity contribution is 5.65. The van der Waals surface area contributed by atoms with Crippen LogP contribution in [0.3, 0.4) is 0 Å². The molecule has 0 aliphatic rings. The van der Waals surface area contributed by atoms with Crippen molar-refractivity contribution in [2.24, 2.45) is 0 Å². The molecule has 8 heteroatoms. The molecule has 0 radical (unpaired) electrons. The zero-order valence-electron chi connectivity index (χ0n) is 7.65. The van der Waals surface area contributed by atoms with Crippen molar-refractivity contribution in [3.8, 4) is 11.4 Å². The first-order valence-corrected chi connectivity index (χ1v) is 4.10. The monoisotopic (exact) mass is 226 g/mol. The minimum absolute atomic E-state index is 0.262. The van der Waals surface area contributed by atoms with Gasteiger partial charge in [-0.05, 0) is 12.1 Å². The largest absolute Gasteiger partial charge is 0.316 e. The number of nitrogens with zero attached hydrogens (tertiary/aromatic N) is 3. The molecule has 0 amide bonds. The number of rotatable bonds is 2. The van der Waals surface area contributed by atoms with E-state index in [1.807, 2.05) is 0 Å². The van der Waals surface area contributed by atoms with E-state index in [0.717, 1.165) is 18.3 Å². The van der Waals surface area contributed by atoms with E-state index in [2.05, 4.69) is 15.2 Å². The van der Waals surface area contributed by atoms with Gasteiger partial charge in [0.15, 0.2) is 11.5 Å². The molecule has 2 heterocycles. The van der Waals surface area contributed by atoms with Crippen molar-refractivity contribution in [1.82, 2.24) is 15.2 Å². The van der Waals surface area contributed by atoms with Gasteiger partial charge in [-0.25, -0.2) is 9.37 Å². The Hall–Kier alpha value is -2.38. The predicted octanol–water partition coefficient (Wildman–Crippen LogP) is 1.66. The Morgan fingerprint density at radius 2 is 2.12 bits per heavy atom. The Bertz CT molecular complexity index is 555. The van der Waals surface area contributed by atoms with Crippen LogP contribution in [-0.4, -0.2) is 20.1 Å². The first-order chi connectivity index (χ1) is 7.59. The molecule has 0 aromatic carbocycles. The predicted molar refractivity (Wildman–Crippen MR) is 48.4 cm³/mol. The maximum atomic E-state index is 13.3. The van der Waals surface area contributed by atoms with Gasteiger partial charge in [0.1, 0.15) is 11.9 Å². The van der Waals surface area contributed by atoms with Gasteiger partial charge < -0.3 is 0 Å². The van der Waals surface area contributed by atoms with Crippen LogP contribution in [0.4, 0.5) is 14.5 Å². The number of nitro groups is 1. The Balaban J connectivity index is 2.62. The van der Waals surface area contributed by atoms with Gasteiger partial charge in [0, 0.05) is 0 Å². The number of hydrogen-bond acceptors (Lipinski definition) is 4. The molecule has 2 rings (SSSR count). The molecule has 6 nitrogen and oxygen atoms in total. The molecular weight excluding hydrogens is 222 g/mol. The van der Waals surface area contributed by atoms with Crippen LogP contribution in [0.25, 0.3) is 11.4 Å². The van der Waals surface area contributed by atoms with Crippen LogP contribution in [0.15, 0.2) is 18.3 Å². The SMILES string of the molecule is O=[N+]([O-])c1cn[nH]c1-c1nc(F)ccc1F. The molecule has 0 spiro atoms. The minimum Gasteiger partial charge on any atom is -0.270 e. The van der Waals surface area contributed by atoms with Gasteiger partial charge in [0.25, 0.3) is 0 Å². The molecule has 16 heavy (non-hydrogen) atoms. The Morgan fingerprint density at radius 3 is 2.81 bits per heavy atom. The zero-order valence-corrected chi connectivity index (χ0v) is 7.65. The quantitative estimate of drug-likeness (QED) is 0.479. The van der Waals surface area contributed by atoms with Crippen molar-refractivity contribution in [1.29, 1.82) is 0 Å². The minimum atomic E-state index is -0.930. The van der Waals surface area contributed by atoms with E-state index in [-0.39, 0.29) is 5.69 Å². The van der Waals surface area contributed by atoms with Crippen LogP contribution in [0, 0.1) is 21.9 Å². The van der Waals surface area contributed by atoms with E-state index in [0.29, 0.717) is 0 Å². The fourth-order valence-corrected chi connectivity index (χ4v) is 1.19. The molecule has 0 saturated carbocycles. The Morgan fingerprint density at radius 1 is 1.38 bits per heavy atom. The fourth-order valence-electron chi connectivity index (χ4n) is 1.19. The number of aromatic amines is 1. The van der Waals surface area contributed by atoms with E-state index in [4.69, 9.17) is 0 Å². The number of aromatic nitrogens is 3. The standard InChI is InChI=1S/C8H4F2N4O2/c9-4-1-2-6(10)12-7(4)8-5(14(15)16)3-11-13-8/h1-3H,(H,11,13). The van der Waals surface area contributed by atoms with Crippen LogP contribution < -0.4 is 0 Å². The van der Waals surface area contributed by atoms with E-state index in [9.17, 15) is 18.9 Å². The normalized spacial score (nSPS) is 10.4. The van der Waals surface area contributed by atoms with Gasteiger partial charge in [-0.15, -0.1) is 0 Å². The van der Waals surface area contributed by atoms with E-state index < -0.39 is 28.1 Å². The summed E-state index contributed by atoms with van der Waals surface area (Å²) in [4.78, 5) is 13.0. The summed E-state index contributed by atoms with van der Waals surface area (Å²) in [5.74, 6) is -1.80. The van der Waals surface area contributed by atoms with Gasteiger partial charge in [-0.3, -0.25) is 15.2 Å². The summed E-state index contributed by atoms with van der Waals surface area (Å²) in [6.45, 7) is 0. The van der Waals surface area contributed by atoms with Crippen LogP contribution in [-0.2, 0) is 0 Å². The van der Waals surface area contributed by atoms with Gasteiger partial charge >= 0.3 is 5.69 Å². The lowest BCUT2D eigenvalue weighted by atomic mass is 10.2. The molecule has 2 aromatic heterocycles. The smallest absolute Gasteiger partial charge is 0.270 e. The van der Waals surface area contributed by atoms with Crippen LogP contribution in [0.5, 0.6) is 0 Å². The lowest BCUT2D eigenvalue weighted by molar-refractivity contribution is -0.384. The van der Waals surface area contributed by atoms with Crippen molar-refractivity contribution in [2.75, 3.05) is 0 Å². The topological polar surface area (TPSA) is 84.7 Å². The number of halogens is 2. The number of nitrogens with one attached hydrogen (secondary N) is 1. The fraction of sp³-hybridized carbons (Fsp3) is 0. The highest BCUT2D eigenvalue weighted by Crippen LogP contribution is 2.27. The van der Waals surface area contributed by atoms with E-state index in [1.54, 1.807) is 0 Å². The third kappa shape index (κ3) is 1.60. The van der Waals surface area contributed by atoms with E-state index in [1.165, 1.54) is 0 Å². The van der Waals surface area contributed by atoms with Crippen molar-refractivity contribution in [3.63, 3.8) is 0 Å². The molecule has 0 fully saturated rings. The summed E-state index contributed by atoms with van der Waals surface area (Å²) in [7, 11) is 0. The second-order valence-electron chi connectivity index (χ2n) is 2.85. The van der Waals surface area contributed by atoms with Gasteiger partial charge in [0.2, 0.25) is 5.95 Å². The molecule has 1 N–H and O–H groups in total. The van der Waals surface area contributed by atoms with Crippen LogP contribution >= 0.6 is 0 Å². The molecule has 0 bridgehead atoms. The van der Waals surface area contributed by atoms with Crippen molar-refractivity contribution < 1.29 is 13.7 Å². The Labute approximate surface area is 87.1 Å². The molecule has 0 saturated heterocycles. The maximum absolute atomic E-state index is 13.3. The number of pyridine rings is 1. The third-order valence-corrected chi connectivity index (χ3v) is 1.86. The summed E-state index contributed by atoms with van der Waals surface area (Å²) >= 11 is 0. The summed E-state index contributed by atoms with van der Waals surface area (Å²) in [6.07, 6.45) is 0.904. The van der Waals surface area contributed by atoms with Crippen molar-refractivity contribution in [3.05, 3.63) is 40.2 Å². The Kier molecular flexibility index (Phi) is 2.31. The van der Waals surface area contributed by atoms with Gasteiger partial charge in [0.05, 0.1) is 4.92 Å². The van der Waals surface area contributed by atoms with E-state index >= 15 is 0 Å². The summed E-state index contributed by atoms with van der Waals surface area (Å²) in [5, 5.41) is 16.2. The van der Waals surface area contributed by atoms with Crippen LogP contribution in [0.2, 0.25) is 0 Å². The highest BCUT2D eigenvalue weighted by Gasteiger charge is 2.22. The lowest BCUT2D eigenvalue weighted by Crippen LogP contribution is -1.96. The maximum Gasteiger partial charge on any atom is 0.316 e. The van der Waals surface area contributed by atoms with Crippen LogP contribution in [0.1, 0.15) is 0 Å². The molecule has 2 aromatic rings. The van der Waals surface area contributed by atoms with Gasteiger partial charge in [-0.2, -0.15) is 9.49 Å². The first-order valence-electron chi connectivity index (χ1n) is 4.10. The third-order valence-electron chi connectivity index (χ3n) is 1.86. The zero-order chi connectivity index (χ0) is 11.7. The molecular formula is C8H4F2N4O2. The second-order valence-corrected chi connectivity index (χ2v) is 2.85. The summed E-state index contributed by atoms with van der Waals surface area (Å²) in [5.41, 5.74) is -1.19. The molecule has 0 atom stereocenters. The highest BCUT2D eigenvalue weighted by atomic mass is 19.1. The number of H-pyrrole nitrogens is 1. The molecule has 0 aliphatic carbocycles. The molecule has 82 valence electrons. The average Bonchev–Trinajstić information content (AvgIpc) is 2.70. The second kappa shape index (κ2) is 3.65. The lowest BCUT2D eigenvalue weighted by Gasteiger charge is -1.98. The van der Waals surface area contributed by atoms with Crippen molar-refractivity contribution >= 4 is 5.69 Å². The molecule has 0 aliphatic heterocycles. The summed E-state index contributed by atoms with van der Waals surface area (Å²) < 4.78 is 26.1. The van der Waals surface area contributed by atoms with Crippen molar-refractivity contribution in [2.45, 2.75) is 0 Å². The average molecular weight is 226 g/mol. The first kappa shape index (κ1) is 10.1. The summed E-state index contributed by atoms with van der Waals surface area (Å²) in [6, 6.07) is 1.66.